The van der Waals surface area contributed by atoms with E-state index >= 15 is 0 Å². The number of hydrogen-bond acceptors (Lipinski definition) is 1. The van der Waals surface area contributed by atoms with Gasteiger partial charge in [-0.25, -0.2) is 0 Å². The maximum atomic E-state index is 2.53. The summed E-state index contributed by atoms with van der Waals surface area (Å²) in [5, 5.41) is 7.47. The number of para-hydroxylation sites is 1. The highest BCUT2D eigenvalue weighted by atomic mass is 15.1. The van der Waals surface area contributed by atoms with Gasteiger partial charge in [-0.05, 0) is 107 Å². The van der Waals surface area contributed by atoms with Crippen LogP contribution in [0.15, 0.2) is 249 Å². The number of fused-ring (bicyclic) bond motifs is 7. The minimum absolute atomic E-state index is 0.531. The van der Waals surface area contributed by atoms with Gasteiger partial charge in [0.05, 0.1) is 16.8 Å². The average Bonchev–Trinajstić information content (AvgIpc) is 3.66. The van der Waals surface area contributed by atoms with Crippen molar-refractivity contribution in [1.29, 1.82) is 0 Å². The first-order valence-corrected chi connectivity index (χ1v) is 21.5. The number of anilines is 3. The Bertz CT molecular complexity index is 3430. The van der Waals surface area contributed by atoms with Gasteiger partial charge in [-0.3, -0.25) is 0 Å². The average molecular weight is 788 g/mol. The number of hydrogen-bond donors (Lipinski definition) is 0. The molecular weight excluding hydrogens is 747 g/mol. The molecule has 0 atom stereocenters. The van der Waals surface area contributed by atoms with Crippen LogP contribution in [-0.4, -0.2) is 0 Å². The van der Waals surface area contributed by atoms with Crippen LogP contribution in [0.3, 0.4) is 0 Å². The van der Waals surface area contributed by atoms with Crippen LogP contribution in [0.4, 0.5) is 17.1 Å². The maximum Gasteiger partial charge on any atom is 0.0714 e. The predicted molar refractivity (Wildman–Crippen MR) is 262 cm³/mol. The number of benzene rings is 11. The van der Waals surface area contributed by atoms with Crippen LogP contribution in [-0.2, 0) is 5.41 Å². The van der Waals surface area contributed by atoms with Crippen LogP contribution in [0.2, 0.25) is 0 Å². The molecule has 0 bridgehead atoms. The van der Waals surface area contributed by atoms with Crippen molar-refractivity contribution in [3.8, 4) is 33.4 Å². The van der Waals surface area contributed by atoms with Gasteiger partial charge in [-0.15, -0.1) is 0 Å². The van der Waals surface area contributed by atoms with Crippen molar-refractivity contribution in [1.82, 2.24) is 0 Å². The lowest BCUT2D eigenvalue weighted by Crippen LogP contribution is -2.28. The molecule has 0 N–H and O–H groups in total. The Morgan fingerprint density at radius 3 is 1.61 bits per heavy atom. The molecule has 0 aliphatic heterocycles. The lowest BCUT2D eigenvalue weighted by molar-refractivity contribution is 0.768. The molecule has 0 saturated carbocycles. The van der Waals surface area contributed by atoms with Crippen molar-refractivity contribution in [2.24, 2.45) is 0 Å². The van der Waals surface area contributed by atoms with Crippen LogP contribution in [0, 0.1) is 0 Å². The Morgan fingerprint density at radius 2 is 0.823 bits per heavy atom. The third-order valence-electron chi connectivity index (χ3n) is 13.1. The molecule has 1 nitrogen and oxygen atoms in total. The van der Waals surface area contributed by atoms with E-state index in [-0.39, 0.29) is 0 Å². The van der Waals surface area contributed by atoms with Crippen LogP contribution < -0.4 is 4.90 Å². The van der Waals surface area contributed by atoms with E-state index in [1.165, 1.54) is 88.0 Å². The molecule has 0 unspecified atom stereocenters. The predicted octanol–water partition coefficient (Wildman–Crippen LogP) is 16.3. The molecule has 11 aromatic carbocycles. The van der Waals surface area contributed by atoms with Gasteiger partial charge in [0.25, 0.3) is 0 Å². The molecule has 0 amide bonds. The Morgan fingerprint density at radius 1 is 0.290 bits per heavy atom. The summed E-state index contributed by atoms with van der Waals surface area (Å²) >= 11 is 0. The second-order valence-electron chi connectivity index (χ2n) is 16.3. The molecule has 1 heteroatoms. The summed E-state index contributed by atoms with van der Waals surface area (Å²) in [5.41, 5.74) is 15.1. The van der Waals surface area contributed by atoms with Crippen molar-refractivity contribution < 1.29 is 0 Å². The normalized spacial score (nSPS) is 12.6. The Hall–Kier alpha value is -8.00. The Balaban J connectivity index is 1.17. The maximum absolute atomic E-state index is 2.53. The van der Waals surface area contributed by atoms with Gasteiger partial charge < -0.3 is 4.90 Å². The van der Waals surface area contributed by atoms with Gasteiger partial charge >= 0.3 is 0 Å². The summed E-state index contributed by atoms with van der Waals surface area (Å²) in [6, 6.07) is 91.8. The van der Waals surface area contributed by atoms with E-state index in [0.717, 1.165) is 17.1 Å². The number of rotatable bonds is 7. The van der Waals surface area contributed by atoms with E-state index in [0.29, 0.717) is 0 Å². The van der Waals surface area contributed by atoms with E-state index in [9.17, 15) is 0 Å². The topological polar surface area (TPSA) is 3.24 Å². The quantitative estimate of drug-likeness (QED) is 0.145. The van der Waals surface area contributed by atoms with E-state index in [1.807, 2.05) is 0 Å². The van der Waals surface area contributed by atoms with E-state index in [1.54, 1.807) is 0 Å². The Kier molecular flexibility index (Phi) is 8.47. The molecule has 290 valence electrons. The van der Waals surface area contributed by atoms with Gasteiger partial charge in [0.2, 0.25) is 0 Å². The monoisotopic (exact) mass is 787 g/mol. The van der Waals surface area contributed by atoms with Gasteiger partial charge in [0.1, 0.15) is 0 Å². The van der Waals surface area contributed by atoms with Gasteiger partial charge in [-0.2, -0.15) is 0 Å². The Labute approximate surface area is 362 Å². The highest BCUT2D eigenvalue weighted by molar-refractivity contribution is 6.14. The summed E-state index contributed by atoms with van der Waals surface area (Å²) in [6.45, 7) is 0. The van der Waals surface area contributed by atoms with E-state index < -0.39 is 5.41 Å². The first-order chi connectivity index (χ1) is 30.8. The highest BCUT2D eigenvalue weighted by Crippen LogP contribution is 2.60. The van der Waals surface area contributed by atoms with Crippen molar-refractivity contribution in [3.05, 3.63) is 271 Å². The van der Waals surface area contributed by atoms with Crippen molar-refractivity contribution in [2.45, 2.75) is 5.41 Å². The van der Waals surface area contributed by atoms with Crippen LogP contribution in [0.25, 0.3) is 65.7 Å². The third kappa shape index (κ3) is 5.49. The fourth-order valence-corrected chi connectivity index (χ4v) is 10.5. The summed E-state index contributed by atoms with van der Waals surface area (Å²) in [4.78, 5) is 2.53. The van der Waals surface area contributed by atoms with Crippen LogP contribution >= 0.6 is 0 Å². The molecule has 1 aliphatic rings. The highest BCUT2D eigenvalue weighted by Gasteiger charge is 2.47. The molecule has 62 heavy (non-hydrogen) atoms. The molecule has 0 radical (unpaired) electrons. The van der Waals surface area contributed by atoms with Crippen molar-refractivity contribution >= 4 is 49.4 Å². The summed E-state index contributed by atoms with van der Waals surface area (Å²) in [6.07, 6.45) is 0. The summed E-state index contributed by atoms with van der Waals surface area (Å²) < 4.78 is 0. The van der Waals surface area contributed by atoms with Crippen molar-refractivity contribution in [3.63, 3.8) is 0 Å². The fourth-order valence-electron chi connectivity index (χ4n) is 10.5. The van der Waals surface area contributed by atoms with E-state index in [2.05, 4.69) is 254 Å². The zero-order valence-electron chi connectivity index (χ0n) is 34.1. The minimum atomic E-state index is -0.531. The fraction of sp³-hybridized carbons (Fsp3) is 0.0164. The summed E-state index contributed by atoms with van der Waals surface area (Å²) in [5.74, 6) is 0. The molecule has 0 heterocycles. The van der Waals surface area contributed by atoms with Gasteiger partial charge in [0.15, 0.2) is 0 Å². The zero-order chi connectivity index (χ0) is 41.0. The summed E-state index contributed by atoms with van der Waals surface area (Å²) in [7, 11) is 0. The standard InChI is InChI=1S/C61H41N/c1-3-24-45(25-4-1)61(46-26-5-2-6-27-46)56-36-15-13-34-54(56)60-57(61)37-19-39-59(60)62(58-38-16-14-33-53(58)51-35-18-22-42-20-7-9-29-48(42)51)47-28-17-23-43(40-47)55-41-44-21-8-10-30-49(44)50-31-11-12-32-52(50)55/h1-41H. The lowest BCUT2D eigenvalue weighted by Gasteiger charge is -2.34. The molecule has 0 aromatic heterocycles. The molecule has 11 aromatic rings. The van der Waals surface area contributed by atoms with Crippen molar-refractivity contribution in [2.75, 3.05) is 4.90 Å². The van der Waals surface area contributed by atoms with Gasteiger partial charge in [-0.1, -0.05) is 218 Å². The van der Waals surface area contributed by atoms with Gasteiger partial charge in [0, 0.05) is 16.8 Å². The molecule has 0 spiro atoms. The minimum Gasteiger partial charge on any atom is -0.309 e. The lowest BCUT2D eigenvalue weighted by atomic mass is 9.68. The number of nitrogens with zero attached hydrogens (tertiary/aromatic N) is 1. The third-order valence-corrected chi connectivity index (χ3v) is 13.1. The smallest absolute Gasteiger partial charge is 0.0714 e. The molecular formula is C61H41N. The molecule has 0 saturated heterocycles. The largest absolute Gasteiger partial charge is 0.309 e. The van der Waals surface area contributed by atoms with Crippen LogP contribution in [0.1, 0.15) is 22.3 Å². The van der Waals surface area contributed by atoms with E-state index in [4.69, 9.17) is 0 Å². The molecule has 0 fully saturated rings. The second kappa shape index (κ2) is 14.6. The first-order valence-electron chi connectivity index (χ1n) is 21.5. The SMILES string of the molecule is c1ccc(C2(c3ccccc3)c3ccccc3-c3c(N(c4cccc(-c5cc6ccccc6c6ccccc56)c4)c4ccccc4-c4cccc5ccccc45)cccc32)cc1. The zero-order valence-corrected chi connectivity index (χ0v) is 34.1. The van der Waals surface area contributed by atoms with Crippen LogP contribution in [0.5, 0.6) is 0 Å². The second-order valence-corrected chi connectivity index (χ2v) is 16.3. The first kappa shape index (κ1) is 35.9. The molecule has 1 aliphatic carbocycles. The molecule has 12 rings (SSSR count).